The third-order valence-corrected chi connectivity index (χ3v) is 4.47. The highest BCUT2D eigenvalue weighted by Gasteiger charge is 2.24. The Morgan fingerprint density at radius 3 is 2.21 bits per heavy atom. The van der Waals surface area contributed by atoms with E-state index in [1.165, 1.54) is 14.0 Å². The minimum Gasteiger partial charge on any atom is -0.493 e. The Morgan fingerprint density at radius 2 is 1.59 bits per heavy atom. The van der Waals surface area contributed by atoms with Gasteiger partial charge in [-0.25, -0.2) is 0 Å². The van der Waals surface area contributed by atoms with Gasteiger partial charge in [-0.05, 0) is 44.2 Å². The first kappa shape index (κ1) is 20.1. The van der Waals surface area contributed by atoms with E-state index < -0.39 is 6.10 Å². The van der Waals surface area contributed by atoms with Gasteiger partial charge < -0.3 is 14.8 Å². The zero-order chi connectivity index (χ0) is 20.8. The molecule has 1 N–H and O–H groups in total. The highest BCUT2D eigenvalue weighted by Crippen LogP contribution is 2.33. The number of ketones is 1. The molecule has 5 nitrogen and oxygen atoms in total. The van der Waals surface area contributed by atoms with Gasteiger partial charge in [0.2, 0.25) is 6.10 Å². The average molecular weight is 389 g/mol. The van der Waals surface area contributed by atoms with Gasteiger partial charge in [-0.2, -0.15) is 0 Å². The van der Waals surface area contributed by atoms with Crippen molar-refractivity contribution >= 4 is 17.4 Å². The number of hydrogen-bond acceptors (Lipinski definition) is 4. The minimum absolute atomic E-state index is 0.0772. The van der Waals surface area contributed by atoms with Gasteiger partial charge in [0, 0.05) is 16.8 Å². The highest BCUT2D eigenvalue weighted by atomic mass is 16.5. The van der Waals surface area contributed by atoms with Crippen molar-refractivity contribution in [2.45, 2.75) is 20.0 Å². The van der Waals surface area contributed by atoms with Crippen LogP contribution in [0.2, 0.25) is 0 Å². The van der Waals surface area contributed by atoms with E-state index in [-0.39, 0.29) is 11.7 Å². The van der Waals surface area contributed by atoms with Crippen LogP contribution in [-0.4, -0.2) is 18.8 Å². The van der Waals surface area contributed by atoms with Crippen LogP contribution in [0.1, 0.15) is 34.5 Å². The van der Waals surface area contributed by atoms with Crippen molar-refractivity contribution in [3.8, 4) is 11.5 Å². The van der Waals surface area contributed by atoms with Crippen LogP contribution in [0.3, 0.4) is 0 Å². The summed E-state index contributed by atoms with van der Waals surface area (Å²) in [6.45, 7) is 3.47. The third-order valence-electron chi connectivity index (χ3n) is 4.47. The molecule has 0 radical (unpaired) electrons. The molecule has 0 saturated heterocycles. The molecular formula is C24H23NO4. The number of carbonyl (C=O) groups excluding carboxylic acids is 2. The quantitative estimate of drug-likeness (QED) is 0.580. The first-order chi connectivity index (χ1) is 14.0. The fourth-order valence-electron chi connectivity index (χ4n) is 2.86. The van der Waals surface area contributed by atoms with Crippen LogP contribution in [-0.2, 0) is 4.79 Å². The molecule has 0 aliphatic carbocycles. The van der Waals surface area contributed by atoms with Gasteiger partial charge in [0.15, 0.2) is 17.3 Å². The number of hydrogen-bond donors (Lipinski definition) is 1. The average Bonchev–Trinajstić information content (AvgIpc) is 2.74. The molecule has 5 heteroatoms. The molecule has 1 amide bonds. The lowest BCUT2D eigenvalue weighted by atomic mass is 10.1. The Bertz CT molecular complexity index is 997. The van der Waals surface area contributed by atoms with Crippen LogP contribution in [0.15, 0.2) is 72.8 Å². The number of methoxy groups -OCH3 is 1. The second-order valence-corrected chi connectivity index (χ2v) is 6.69. The third kappa shape index (κ3) is 5.02. The molecule has 0 aromatic heterocycles. The molecule has 1 atom stereocenters. The Labute approximate surface area is 170 Å². The Morgan fingerprint density at radius 1 is 0.897 bits per heavy atom. The summed E-state index contributed by atoms with van der Waals surface area (Å²) in [5.74, 6) is 0.386. The molecule has 0 aliphatic heterocycles. The number of ether oxygens (including phenoxy) is 2. The van der Waals surface area contributed by atoms with Crippen LogP contribution >= 0.6 is 0 Å². The van der Waals surface area contributed by atoms with Crippen molar-refractivity contribution in [1.82, 2.24) is 0 Å². The molecule has 0 bridgehead atoms. The maximum absolute atomic E-state index is 13.0. The summed E-state index contributed by atoms with van der Waals surface area (Å²) in [6.07, 6.45) is -0.894. The molecule has 0 heterocycles. The number of rotatable bonds is 7. The maximum atomic E-state index is 13.0. The number of nitrogens with one attached hydrogen (secondary N) is 1. The second kappa shape index (κ2) is 9.06. The Balaban J connectivity index is 1.91. The molecule has 0 unspecified atom stereocenters. The van der Waals surface area contributed by atoms with E-state index in [1.54, 1.807) is 18.2 Å². The summed E-state index contributed by atoms with van der Waals surface area (Å²) in [4.78, 5) is 24.7. The first-order valence-electron chi connectivity index (χ1n) is 9.26. The molecule has 3 aromatic carbocycles. The molecule has 0 spiro atoms. The van der Waals surface area contributed by atoms with Gasteiger partial charge in [-0.1, -0.05) is 48.0 Å². The zero-order valence-electron chi connectivity index (χ0n) is 16.6. The predicted octanol–water partition coefficient (Wildman–Crippen LogP) is 4.97. The Hall–Kier alpha value is -3.60. The first-order valence-corrected chi connectivity index (χ1v) is 9.26. The van der Waals surface area contributed by atoms with Crippen LogP contribution in [0.25, 0.3) is 0 Å². The maximum Gasteiger partial charge on any atom is 0.270 e. The monoisotopic (exact) mass is 389 g/mol. The van der Waals surface area contributed by atoms with E-state index in [4.69, 9.17) is 9.47 Å². The minimum atomic E-state index is -0.894. The van der Waals surface area contributed by atoms with Crippen molar-refractivity contribution < 1.29 is 19.1 Å². The smallest absolute Gasteiger partial charge is 0.270 e. The Kier molecular flexibility index (Phi) is 6.29. The highest BCUT2D eigenvalue weighted by molar-refractivity contribution is 5.96. The van der Waals surface area contributed by atoms with E-state index in [2.05, 4.69) is 5.32 Å². The van der Waals surface area contributed by atoms with Crippen molar-refractivity contribution in [2.75, 3.05) is 12.4 Å². The van der Waals surface area contributed by atoms with E-state index in [0.29, 0.717) is 28.3 Å². The van der Waals surface area contributed by atoms with Gasteiger partial charge in [-0.3, -0.25) is 9.59 Å². The van der Waals surface area contributed by atoms with Crippen LogP contribution in [0.5, 0.6) is 11.5 Å². The van der Waals surface area contributed by atoms with E-state index in [9.17, 15) is 9.59 Å². The van der Waals surface area contributed by atoms with Crippen LogP contribution < -0.4 is 14.8 Å². The number of anilines is 1. The van der Waals surface area contributed by atoms with E-state index >= 15 is 0 Å². The van der Waals surface area contributed by atoms with Crippen molar-refractivity contribution in [3.63, 3.8) is 0 Å². The normalized spacial score (nSPS) is 11.4. The molecule has 3 rings (SSSR count). The second-order valence-electron chi connectivity index (χ2n) is 6.69. The fourth-order valence-corrected chi connectivity index (χ4v) is 2.86. The summed E-state index contributed by atoms with van der Waals surface area (Å²) < 4.78 is 11.4. The van der Waals surface area contributed by atoms with Crippen LogP contribution in [0.4, 0.5) is 5.69 Å². The van der Waals surface area contributed by atoms with Crippen LogP contribution in [0, 0.1) is 6.92 Å². The van der Waals surface area contributed by atoms with E-state index in [0.717, 1.165) is 5.56 Å². The van der Waals surface area contributed by atoms with Gasteiger partial charge in [0.25, 0.3) is 5.91 Å². The fraction of sp³-hybridized carbons (Fsp3) is 0.167. The van der Waals surface area contributed by atoms with Crippen molar-refractivity contribution in [2.24, 2.45) is 0 Å². The molecule has 0 fully saturated rings. The molecule has 0 saturated carbocycles. The topological polar surface area (TPSA) is 64.6 Å². The summed E-state index contributed by atoms with van der Waals surface area (Å²) in [5, 5.41) is 2.90. The lowest BCUT2D eigenvalue weighted by Gasteiger charge is -2.21. The largest absolute Gasteiger partial charge is 0.493 e. The molecule has 3 aromatic rings. The van der Waals surface area contributed by atoms with Crippen molar-refractivity contribution in [3.05, 3.63) is 89.5 Å². The van der Waals surface area contributed by atoms with E-state index in [1.807, 2.05) is 61.5 Å². The SMILES string of the molecule is COc1cc(C(C)=O)ccc1O[C@@H](C(=O)Nc1ccc(C)cc1)c1ccccc1. The summed E-state index contributed by atoms with van der Waals surface area (Å²) >= 11 is 0. The number of amides is 1. The van der Waals surface area contributed by atoms with Gasteiger partial charge in [-0.15, -0.1) is 0 Å². The number of benzene rings is 3. The molecule has 148 valence electrons. The number of carbonyl (C=O) groups is 2. The predicted molar refractivity (Wildman–Crippen MR) is 113 cm³/mol. The summed E-state index contributed by atoms with van der Waals surface area (Å²) in [5.41, 5.74) is 3.00. The van der Waals surface area contributed by atoms with Gasteiger partial charge in [0.1, 0.15) is 0 Å². The standard InChI is InChI=1S/C24H23NO4/c1-16-9-12-20(13-10-16)25-24(27)23(18-7-5-4-6-8-18)29-21-14-11-19(17(2)26)15-22(21)28-3/h4-15,23H,1-3H3,(H,25,27)/t23-/m1/s1. The lowest BCUT2D eigenvalue weighted by Crippen LogP contribution is -2.25. The van der Waals surface area contributed by atoms with Crippen molar-refractivity contribution in [1.29, 1.82) is 0 Å². The van der Waals surface area contributed by atoms with Gasteiger partial charge in [0.05, 0.1) is 7.11 Å². The number of aryl methyl sites for hydroxylation is 1. The summed E-state index contributed by atoms with van der Waals surface area (Å²) in [6, 6.07) is 21.7. The molecule has 29 heavy (non-hydrogen) atoms. The molecular weight excluding hydrogens is 366 g/mol. The molecule has 0 aliphatic rings. The lowest BCUT2D eigenvalue weighted by molar-refractivity contribution is -0.123. The van der Waals surface area contributed by atoms with Gasteiger partial charge >= 0.3 is 0 Å². The zero-order valence-corrected chi connectivity index (χ0v) is 16.6. The summed E-state index contributed by atoms with van der Waals surface area (Å²) in [7, 11) is 1.50. The number of Topliss-reactive ketones (excluding diaryl/α,β-unsaturated/α-hetero) is 1.